The lowest BCUT2D eigenvalue weighted by molar-refractivity contribution is -0.121. The van der Waals surface area contributed by atoms with Gasteiger partial charge in [0, 0.05) is 18.8 Å². The van der Waals surface area contributed by atoms with Crippen LogP contribution >= 0.6 is 0 Å². The Morgan fingerprint density at radius 2 is 2.28 bits per heavy atom. The Balaban J connectivity index is 1.32. The zero-order valence-corrected chi connectivity index (χ0v) is 13.8. The monoisotopic (exact) mass is 343 g/mol. The van der Waals surface area contributed by atoms with E-state index in [0.717, 1.165) is 18.7 Å². The number of hydrogen-bond acceptors (Lipinski definition) is 5. The zero-order valence-electron chi connectivity index (χ0n) is 13.8. The van der Waals surface area contributed by atoms with Crippen LogP contribution in [0.15, 0.2) is 22.7 Å². The van der Waals surface area contributed by atoms with Crippen molar-refractivity contribution in [3.05, 3.63) is 41.6 Å². The number of aromatic nitrogens is 4. The lowest BCUT2D eigenvalue weighted by atomic mass is 10.2. The molecule has 2 N–H and O–H groups in total. The summed E-state index contributed by atoms with van der Waals surface area (Å²) >= 11 is 0. The maximum atomic E-state index is 13.2. The number of amides is 1. The molecule has 2 aromatic heterocycles. The van der Waals surface area contributed by atoms with Gasteiger partial charge in [0.05, 0.1) is 11.0 Å². The number of halogens is 1. The maximum Gasteiger partial charge on any atom is 0.248 e. The second-order valence-electron chi connectivity index (χ2n) is 6.40. The van der Waals surface area contributed by atoms with E-state index in [1.54, 1.807) is 6.07 Å². The Kier molecular flexibility index (Phi) is 3.95. The number of aromatic amines is 1. The van der Waals surface area contributed by atoms with Gasteiger partial charge in [0.25, 0.3) is 0 Å². The molecule has 7 nitrogen and oxygen atoms in total. The van der Waals surface area contributed by atoms with Gasteiger partial charge in [-0.15, -0.1) is 0 Å². The van der Waals surface area contributed by atoms with Crippen LogP contribution in [-0.4, -0.2) is 26.0 Å². The second-order valence-corrected chi connectivity index (χ2v) is 6.40. The van der Waals surface area contributed by atoms with Crippen molar-refractivity contribution in [2.45, 2.75) is 44.6 Å². The summed E-state index contributed by atoms with van der Waals surface area (Å²) in [5.74, 6) is 1.76. The first-order chi connectivity index (χ1) is 12.1. The number of benzene rings is 1. The molecule has 1 amide bonds. The Morgan fingerprint density at radius 1 is 1.44 bits per heavy atom. The molecule has 3 aromatic rings. The molecule has 0 unspecified atom stereocenters. The maximum absolute atomic E-state index is 13.2. The number of nitrogens with one attached hydrogen (secondary N) is 2. The van der Waals surface area contributed by atoms with Gasteiger partial charge in [-0.05, 0) is 38.0 Å². The quantitative estimate of drug-likeness (QED) is 0.717. The van der Waals surface area contributed by atoms with Crippen LogP contribution in [0.1, 0.15) is 55.7 Å². The second kappa shape index (κ2) is 6.27. The third-order valence-corrected chi connectivity index (χ3v) is 4.23. The molecule has 25 heavy (non-hydrogen) atoms. The predicted molar refractivity (Wildman–Crippen MR) is 87.2 cm³/mol. The highest BCUT2D eigenvalue weighted by Crippen LogP contribution is 2.38. The summed E-state index contributed by atoms with van der Waals surface area (Å²) in [6.07, 6.45) is 2.89. The third-order valence-electron chi connectivity index (χ3n) is 4.23. The van der Waals surface area contributed by atoms with Gasteiger partial charge in [-0.3, -0.25) is 4.79 Å². The fraction of sp³-hybridized carbons (Fsp3) is 0.412. The number of H-pyrrole nitrogens is 1. The summed E-state index contributed by atoms with van der Waals surface area (Å²) in [6, 6.07) is 4.03. The van der Waals surface area contributed by atoms with E-state index in [0.29, 0.717) is 35.1 Å². The first-order valence-corrected chi connectivity index (χ1v) is 8.35. The molecule has 1 aromatic carbocycles. The highest BCUT2D eigenvalue weighted by atomic mass is 19.1. The van der Waals surface area contributed by atoms with E-state index in [9.17, 15) is 9.18 Å². The first kappa shape index (κ1) is 15.7. The number of carbonyl (C=O) groups excluding carboxylic acids is 1. The van der Waals surface area contributed by atoms with E-state index in [4.69, 9.17) is 4.52 Å². The Hall–Kier alpha value is -2.77. The van der Waals surface area contributed by atoms with Gasteiger partial charge < -0.3 is 14.8 Å². The smallest absolute Gasteiger partial charge is 0.248 e. The van der Waals surface area contributed by atoms with E-state index >= 15 is 0 Å². The number of nitrogens with zero attached hydrogens (tertiary/aromatic N) is 3. The molecule has 0 radical (unpaired) electrons. The molecule has 1 atom stereocenters. The molecule has 1 aliphatic carbocycles. The summed E-state index contributed by atoms with van der Waals surface area (Å²) in [5.41, 5.74) is 1.31. The molecule has 1 saturated carbocycles. The number of hydrogen-bond donors (Lipinski definition) is 2. The van der Waals surface area contributed by atoms with Crippen molar-refractivity contribution < 1.29 is 13.7 Å². The highest BCUT2D eigenvalue weighted by Gasteiger charge is 2.29. The van der Waals surface area contributed by atoms with Crippen molar-refractivity contribution >= 4 is 16.9 Å². The minimum Gasteiger partial charge on any atom is -0.345 e. The SMILES string of the molecule is C[C@H](NC(=O)CCc1nc2ccc(F)cc2[nH]1)c1nc(C2CC2)no1. The fourth-order valence-electron chi connectivity index (χ4n) is 2.69. The molecule has 0 bridgehead atoms. The van der Waals surface area contributed by atoms with Crippen LogP contribution in [-0.2, 0) is 11.2 Å². The molecule has 0 aliphatic heterocycles. The average Bonchev–Trinajstić information content (AvgIpc) is 3.17. The van der Waals surface area contributed by atoms with Crippen molar-refractivity contribution in [3.63, 3.8) is 0 Å². The van der Waals surface area contributed by atoms with E-state index in [-0.39, 0.29) is 24.2 Å². The summed E-state index contributed by atoms with van der Waals surface area (Å²) in [4.78, 5) is 23.8. The van der Waals surface area contributed by atoms with Crippen LogP contribution in [0.5, 0.6) is 0 Å². The topological polar surface area (TPSA) is 96.7 Å². The summed E-state index contributed by atoms with van der Waals surface area (Å²) in [7, 11) is 0. The van der Waals surface area contributed by atoms with Crippen LogP contribution in [0.25, 0.3) is 11.0 Å². The molecule has 0 saturated heterocycles. The summed E-state index contributed by atoms with van der Waals surface area (Å²) < 4.78 is 18.4. The van der Waals surface area contributed by atoms with Crippen LogP contribution in [0, 0.1) is 5.82 Å². The van der Waals surface area contributed by atoms with Gasteiger partial charge >= 0.3 is 0 Å². The summed E-state index contributed by atoms with van der Waals surface area (Å²) in [6.45, 7) is 1.81. The molecule has 4 rings (SSSR count). The Morgan fingerprint density at radius 3 is 3.08 bits per heavy atom. The molecular formula is C17H18FN5O2. The lowest BCUT2D eigenvalue weighted by Crippen LogP contribution is -2.27. The van der Waals surface area contributed by atoms with Crippen molar-refractivity contribution in [3.8, 4) is 0 Å². The molecule has 1 fully saturated rings. The van der Waals surface area contributed by atoms with E-state index in [2.05, 4.69) is 25.4 Å². The Bertz CT molecular complexity index is 915. The fourth-order valence-corrected chi connectivity index (χ4v) is 2.69. The normalized spacial score (nSPS) is 15.4. The number of imidazole rings is 1. The summed E-state index contributed by atoms with van der Waals surface area (Å²) in [5, 5.41) is 6.79. The largest absolute Gasteiger partial charge is 0.345 e. The van der Waals surface area contributed by atoms with Gasteiger partial charge in [-0.2, -0.15) is 4.98 Å². The van der Waals surface area contributed by atoms with Crippen molar-refractivity contribution in [2.24, 2.45) is 0 Å². The van der Waals surface area contributed by atoms with Crippen molar-refractivity contribution in [1.29, 1.82) is 0 Å². The van der Waals surface area contributed by atoms with Crippen molar-refractivity contribution in [2.75, 3.05) is 0 Å². The predicted octanol–water partition coefficient (Wildman–Crippen LogP) is 2.77. The van der Waals surface area contributed by atoms with Gasteiger partial charge in [0.1, 0.15) is 17.7 Å². The number of fused-ring (bicyclic) bond motifs is 1. The molecule has 130 valence electrons. The minimum atomic E-state index is -0.336. The molecule has 8 heteroatoms. The number of carbonyl (C=O) groups is 1. The van der Waals surface area contributed by atoms with E-state index < -0.39 is 0 Å². The van der Waals surface area contributed by atoms with Crippen LogP contribution < -0.4 is 5.32 Å². The zero-order chi connectivity index (χ0) is 17.4. The molecule has 0 spiro atoms. The van der Waals surface area contributed by atoms with E-state index in [1.807, 2.05) is 6.92 Å². The van der Waals surface area contributed by atoms with Gasteiger partial charge in [0.2, 0.25) is 11.8 Å². The first-order valence-electron chi connectivity index (χ1n) is 8.35. The highest BCUT2D eigenvalue weighted by molar-refractivity contribution is 5.77. The van der Waals surface area contributed by atoms with Gasteiger partial charge in [-0.1, -0.05) is 5.16 Å². The molecule has 1 aliphatic rings. The minimum absolute atomic E-state index is 0.134. The Labute approximate surface area is 143 Å². The standard InChI is InChI=1S/C17H18FN5O2/c1-9(17-22-16(23-25-17)10-2-3-10)19-15(24)7-6-14-20-12-5-4-11(18)8-13(12)21-14/h4-5,8-10H,2-3,6-7H2,1H3,(H,19,24)(H,20,21)/t9-/m0/s1. The van der Waals surface area contributed by atoms with Crippen LogP contribution in [0.4, 0.5) is 4.39 Å². The molecule has 2 heterocycles. The van der Waals surface area contributed by atoms with Gasteiger partial charge in [-0.25, -0.2) is 9.37 Å². The van der Waals surface area contributed by atoms with E-state index in [1.165, 1.54) is 12.1 Å². The van der Waals surface area contributed by atoms with Gasteiger partial charge in [0.15, 0.2) is 5.82 Å². The van der Waals surface area contributed by atoms with Crippen LogP contribution in [0.3, 0.4) is 0 Å². The average molecular weight is 343 g/mol. The van der Waals surface area contributed by atoms with Crippen LogP contribution in [0.2, 0.25) is 0 Å². The number of rotatable bonds is 6. The lowest BCUT2D eigenvalue weighted by Gasteiger charge is -2.08. The van der Waals surface area contributed by atoms with Crippen molar-refractivity contribution in [1.82, 2.24) is 25.4 Å². The third kappa shape index (κ3) is 3.52. The number of aryl methyl sites for hydroxylation is 1. The molecular weight excluding hydrogens is 325 g/mol.